The zero-order valence-corrected chi connectivity index (χ0v) is 17.3. The van der Waals surface area contributed by atoms with Crippen LogP contribution in [0.4, 0.5) is 11.4 Å². The molecule has 0 unspecified atom stereocenters. The molecule has 2 rings (SSSR count). The third kappa shape index (κ3) is 6.23. The monoisotopic (exact) mass is 414 g/mol. The first-order chi connectivity index (χ1) is 14.3. The van der Waals surface area contributed by atoms with E-state index >= 15 is 0 Å². The Morgan fingerprint density at radius 3 is 2.00 bits per heavy atom. The van der Waals surface area contributed by atoms with E-state index in [-0.39, 0.29) is 18.7 Å². The summed E-state index contributed by atoms with van der Waals surface area (Å²) in [5.74, 6) is -1.12. The van der Waals surface area contributed by atoms with Gasteiger partial charge in [0.1, 0.15) is 11.5 Å². The lowest BCUT2D eigenvalue weighted by Gasteiger charge is -2.18. The third-order valence-corrected chi connectivity index (χ3v) is 4.16. The summed E-state index contributed by atoms with van der Waals surface area (Å²) in [6, 6.07) is 10.4. The van der Waals surface area contributed by atoms with Gasteiger partial charge in [0.15, 0.2) is 0 Å². The molecule has 8 heteroatoms. The molecule has 0 bridgehead atoms. The van der Waals surface area contributed by atoms with Crippen LogP contribution in [0.5, 0.6) is 11.5 Å². The van der Waals surface area contributed by atoms with Crippen LogP contribution in [-0.2, 0) is 9.59 Å². The Morgan fingerprint density at radius 2 is 1.47 bits per heavy atom. The Morgan fingerprint density at radius 1 is 0.900 bits per heavy atom. The van der Waals surface area contributed by atoms with Gasteiger partial charge >= 0.3 is 5.97 Å². The average Bonchev–Trinajstić information content (AvgIpc) is 2.70. The molecule has 0 atom stereocenters. The summed E-state index contributed by atoms with van der Waals surface area (Å²) >= 11 is 0. The summed E-state index contributed by atoms with van der Waals surface area (Å²) in [5, 5.41) is 14.2. The van der Waals surface area contributed by atoms with Crippen molar-refractivity contribution >= 4 is 29.2 Å². The molecule has 2 aromatic rings. The highest BCUT2D eigenvalue weighted by molar-refractivity contribution is 6.06. The number of carboxylic acids is 1. The standard InChI is InChI=1S/C22H26N2O6/c1-4-29-18-13-17(24-22(28)15-9-7-6-8-14(15)3)19(30-5-2)12-16(18)23-20(25)10-11-21(26)27/h6-9,12-13H,4-5,10-11H2,1-3H3,(H,23,25)(H,24,28)(H,26,27). The van der Waals surface area contributed by atoms with Crippen molar-refractivity contribution in [2.75, 3.05) is 23.8 Å². The second-order valence-electron chi connectivity index (χ2n) is 6.42. The van der Waals surface area contributed by atoms with E-state index in [0.717, 1.165) is 5.56 Å². The number of hydrogen-bond donors (Lipinski definition) is 3. The normalized spacial score (nSPS) is 10.2. The largest absolute Gasteiger partial charge is 0.492 e. The number of benzene rings is 2. The quantitative estimate of drug-likeness (QED) is 0.544. The van der Waals surface area contributed by atoms with Crippen LogP contribution >= 0.6 is 0 Å². The molecule has 0 aliphatic rings. The zero-order valence-electron chi connectivity index (χ0n) is 17.3. The van der Waals surface area contributed by atoms with Crippen LogP contribution in [0.25, 0.3) is 0 Å². The molecule has 0 spiro atoms. The second-order valence-corrected chi connectivity index (χ2v) is 6.42. The van der Waals surface area contributed by atoms with Crippen molar-refractivity contribution in [1.82, 2.24) is 0 Å². The summed E-state index contributed by atoms with van der Waals surface area (Å²) in [4.78, 5) is 35.5. The van der Waals surface area contributed by atoms with E-state index in [1.807, 2.05) is 19.1 Å². The van der Waals surface area contributed by atoms with E-state index in [4.69, 9.17) is 14.6 Å². The molecular weight excluding hydrogens is 388 g/mol. The van der Waals surface area contributed by atoms with Gasteiger partial charge in [-0.15, -0.1) is 0 Å². The molecule has 0 aromatic heterocycles. The number of anilines is 2. The Hall–Kier alpha value is -3.55. The van der Waals surface area contributed by atoms with Gasteiger partial charge in [-0.1, -0.05) is 18.2 Å². The number of carbonyl (C=O) groups excluding carboxylic acids is 2. The van der Waals surface area contributed by atoms with Crippen LogP contribution in [0.3, 0.4) is 0 Å². The molecule has 8 nitrogen and oxygen atoms in total. The number of aliphatic carboxylic acids is 1. The number of amides is 2. The van der Waals surface area contributed by atoms with Crippen LogP contribution in [0.1, 0.15) is 42.6 Å². The van der Waals surface area contributed by atoms with Gasteiger partial charge in [0.05, 0.1) is 31.0 Å². The molecule has 2 amide bonds. The maximum Gasteiger partial charge on any atom is 0.303 e. The summed E-state index contributed by atoms with van der Waals surface area (Å²) in [7, 11) is 0. The minimum Gasteiger partial charge on any atom is -0.492 e. The molecule has 3 N–H and O–H groups in total. The third-order valence-electron chi connectivity index (χ3n) is 4.16. The predicted molar refractivity (Wildman–Crippen MR) is 113 cm³/mol. The van der Waals surface area contributed by atoms with E-state index in [0.29, 0.717) is 41.7 Å². The van der Waals surface area contributed by atoms with E-state index in [9.17, 15) is 14.4 Å². The van der Waals surface area contributed by atoms with Crippen molar-refractivity contribution in [2.24, 2.45) is 0 Å². The Balaban J connectivity index is 2.34. The van der Waals surface area contributed by atoms with Gasteiger partial charge in [0, 0.05) is 24.1 Å². The van der Waals surface area contributed by atoms with Gasteiger partial charge in [-0.25, -0.2) is 0 Å². The Kier molecular flexibility index (Phi) is 8.22. The van der Waals surface area contributed by atoms with Crippen molar-refractivity contribution in [3.8, 4) is 11.5 Å². The van der Waals surface area contributed by atoms with Gasteiger partial charge in [0.2, 0.25) is 5.91 Å². The highest BCUT2D eigenvalue weighted by Crippen LogP contribution is 2.37. The highest BCUT2D eigenvalue weighted by Gasteiger charge is 2.18. The van der Waals surface area contributed by atoms with Crippen molar-refractivity contribution in [3.05, 3.63) is 47.5 Å². The molecular formula is C22H26N2O6. The van der Waals surface area contributed by atoms with Crippen LogP contribution < -0.4 is 20.1 Å². The van der Waals surface area contributed by atoms with E-state index in [2.05, 4.69) is 10.6 Å². The van der Waals surface area contributed by atoms with Crippen LogP contribution in [0.2, 0.25) is 0 Å². The molecule has 160 valence electrons. The lowest BCUT2D eigenvalue weighted by atomic mass is 10.1. The smallest absolute Gasteiger partial charge is 0.303 e. The van der Waals surface area contributed by atoms with E-state index in [1.54, 1.807) is 38.1 Å². The summed E-state index contributed by atoms with van der Waals surface area (Å²) in [6.07, 6.45) is -0.449. The topological polar surface area (TPSA) is 114 Å². The fourth-order valence-corrected chi connectivity index (χ4v) is 2.76. The number of hydrogen-bond acceptors (Lipinski definition) is 5. The van der Waals surface area contributed by atoms with Gasteiger partial charge in [-0.3, -0.25) is 14.4 Å². The molecule has 2 aromatic carbocycles. The van der Waals surface area contributed by atoms with Gasteiger partial charge in [-0.05, 0) is 32.4 Å². The molecule has 0 saturated heterocycles. The van der Waals surface area contributed by atoms with E-state index in [1.165, 1.54) is 0 Å². The predicted octanol–water partition coefficient (Wildman–Crippen LogP) is 3.85. The number of nitrogens with one attached hydrogen (secondary N) is 2. The summed E-state index contributed by atoms with van der Waals surface area (Å²) < 4.78 is 11.3. The number of rotatable bonds is 10. The highest BCUT2D eigenvalue weighted by atomic mass is 16.5. The summed E-state index contributed by atoms with van der Waals surface area (Å²) in [5.41, 5.74) is 2.10. The van der Waals surface area contributed by atoms with Gasteiger partial charge in [-0.2, -0.15) is 0 Å². The number of carbonyl (C=O) groups is 3. The first-order valence-electron chi connectivity index (χ1n) is 9.67. The number of aryl methyl sites for hydroxylation is 1. The minimum atomic E-state index is -1.06. The van der Waals surface area contributed by atoms with Crippen molar-refractivity contribution in [2.45, 2.75) is 33.6 Å². The average molecular weight is 414 g/mol. The fraction of sp³-hybridized carbons (Fsp3) is 0.318. The maximum absolute atomic E-state index is 12.7. The van der Waals surface area contributed by atoms with Crippen molar-refractivity contribution in [3.63, 3.8) is 0 Å². The minimum absolute atomic E-state index is 0.170. The van der Waals surface area contributed by atoms with Crippen LogP contribution in [0, 0.1) is 6.92 Å². The molecule has 0 heterocycles. The number of carboxylic acid groups (broad SMARTS) is 1. The maximum atomic E-state index is 12.7. The molecule has 0 aliphatic carbocycles. The van der Waals surface area contributed by atoms with Crippen LogP contribution in [0.15, 0.2) is 36.4 Å². The van der Waals surface area contributed by atoms with Crippen molar-refractivity contribution < 1.29 is 29.0 Å². The number of ether oxygens (including phenoxy) is 2. The summed E-state index contributed by atoms with van der Waals surface area (Å²) in [6.45, 7) is 6.11. The fourth-order valence-electron chi connectivity index (χ4n) is 2.76. The molecule has 0 fully saturated rings. The van der Waals surface area contributed by atoms with Gasteiger partial charge < -0.3 is 25.2 Å². The molecule has 0 aliphatic heterocycles. The Labute approximate surface area is 175 Å². The van der Waals surface area contributed by atoms with Crippen molar-refractivity contribution in [1.29, 1.82) is 0 Å². The SMILES string of the molecule is CCOc1cc(NC(=O)c2ccccc2C)c(OCC)cc1NC(=O)CCC(=O)O. The molecule has 30 heavy (non-hydrogen) atoms. The molecule has 0 saturated carbocycles. The van der Waals surface area contributed by atoms with E-state index < -0.39 is 11.9 Å². The Bertz CT molecular complexity index is 926. The van der Waals surface area contributed by atoms with Crippen LogP contribution in [-0.4, -0.2) is 36.1 Å². The second kappa shape index (κ2) is 10.8. The first kappa shape index (κ1) is 22.7. The zero-order chi connectivity index (χ0) is 22.1. The lowest BCUT2D eigenvalue weighted by molar-refractivity contribution is -0.138. The van der Waals surface area contributed by atoms with Gasteiger partial charge in [0.25, 0.3) is 5.91 Å². The first-order valence-corrected chi connectivity index (χ1v) is 9.67. The lowest BCUT2D eigenvalue weighted by Crippen LogP contribution is -2.16. The molecule has 0 radical (unpaired) electrons.